The van der Waals surface area contributed by atoms with Crippen LogP contribution in [0.1, 0.15) is 37.8 Å². The predicted molar refractivity (Wildman–Crippen MR) is 86.0 cm³/mol. The molecular formula is C16H22N4S. The number of hydrogen-bond acceptors (Lipinski definition) is 4. The zero-order valence-electron chi connectivity index (χ0n) is 12.3. The van der Waals surface area contributed by atoms with E-state index >= 15 is 0 Å². The fourth-order valence-electron chi connectivity index (χ4n) is 4.18. The predicted octanol–water partition coefficient (Wildman–Crippen LogP) is 2.88. The summed E-state index contributed by atoms with van der Waals surface area (Å²) in [6.07, 6.45) is 9.16. The van der Waals surface area contributed by atoms with Gasteiger partial charge >= 0.3 is 0 Å². The Kier molecular flexibility index (Phi) is 2.80. The fourth-order valence-corrected chi connectivity index (χ4v) is 4.90. The van der Waals surface area contributed by atoms with E-state index in [0.717, 1.165) is 29.4 Å². The number of hydrogen-bond donors (Lipinski definition) is 1. The number of thiazole rings is 1. The van der Waals surface area contributed by atoms with Crippen LogP contribution in [0.5, 0.6) is 0 Å². The van der Waals surface area contributed by atoms with Gasteiger partial charge in [-0.2, -0.15) is 0 Å². The molecule has 112 valence electrons. The third kappa shape index (κ3) is 2.09. The van der Waals surface area contributed by atoms with E-state index in [9.17, 15) is 0 Å². The van der Waals surface area contributed by atoms with E-state index in [-0.39, 0.29) is 0 Å². The van der Waals surface area contributed by atoms with Crippen LogP contribution in [0.25, 0.3) is 4.96 Å². The Morgan fingerprint density at radius 2 is 2.00 bits per heavy atom. The van der Waals surface area contributed by atoms with Gasteiger partial charge in [0.2, 0.25) is 0 Å². The topological polar surface area (TPSA) is 32.6 Å². The maximum absolute atomic E-state index is 4.95. The molecule has 2 aromatic rings. The monoisotopic (exact) mass is 302 g/mol. The van der Waals surface area contributed by atoms with E-state index in [1.54, 1.807) is 11.3 Å². The van der Waals surface area contributed by atoms with Gasteiger partial charge in [0.05, 0.1) is 5.69 Å². The molecule has 0 radical (unpaired) electrons. The second kappa shape index (κ2) is 4.71. The molecule has 2 aliphatic carbocycles. The van der Waals surface area contributed by atoms with Crippen LogP contribution in [0, 0.1) is 11.8 Å². The molecule has 2 aromatic heterocycles. The van der Waals surface area contributed by atoms with E-state index in [4.69, 9.17) is 4.98 Å². The lowest BCUT2D eigenvalue weighted by atomic mass is 10.0. The lowest BCUT2D eigenvalue weighted by molar-refractivity contribution is 0.494. The average molecular weight is 302 g/mol. The van der Waals surface area contributed by atoms with E-state index in [0.29, 0.717) is 0 Å². The molecule has 5 rings (SSSR count). The van der Waals surface area contributed by atoms with Crippen molar-refractivity contribution in [3.05, 3.63) is 17.3 Å². The first-order chi connectivity index (χ1) is 10.4. The minimum Gasteiger partial charge on any atom is -0.354 e. The molecule has 2 saturated carbocycles. The first kappa shape index (κ1) is 12.5. The van der Waals surface area contributed by atoms with Crippen molar-refractivity contribution in [2.75, 3.05) is 18.0 Å². The summed E-state index contributed by atoms with van der Waals surface area (Å²) in [4.78, 5) is 8.66. The van der Waals surface area contributed by atoms with Crippen LogP contribution in [-0.2, 0) is 6.54 Å². The summed E-state index contributed by atoms with van der Waals surface area (Å²) in [5.41, 5.74) is 1.37. The van der Waals surface area contributed by atoms with Gasteiger partial charge in [0.15, 0.2) is 10.8 Å². The third-order valence-electron chi connectivity index (χ3n) is 5.50. The van der Waals surface area contributed by atoms with Crippen molar-refractivity contribution in [1.29, 1.82) is 0 Å². The number of aromatic nitrogens is 2. The van der Waals surface area contributed by atoms with Gasteiger partial charge in [0.1, 0.15) is 0 Å². The Balaban J connectivity index is 1.46. The van der Waals surface area contributed by atoms with E-state index < -0.39 is 0 Å². The summed E-state index contributed by atoms with van der Waals surface area (Å²) in [7, 11) is 0. The fraction of sp³-hybridized carbons (Fsp3) is 0.688. The number of nitrogens with zero attached hydrogens (tertiary/aromatic N) is 3. The zero-order chi connectivity index (χ0) is 13.8. The molecular weight excluding hydrogens is 280 g/mol. The van der Waals surface area contributed by atoms with Crippen LogP contribution in [0.15, 0.2) is 11.6 Å². The van der Waals surface area contributed by atoms with Crippen LogP contribution >= 0.6 is 11.3 Å². The minimum absolute atomic E-state index is 0.750. The smallest absolute Gasteiger partial charge is 0.195 e. The van der Waals surface area contributed by atoms with Crippen LogP contribution in [0.4, 0.5) is 5.82 Å². The maximum atomic E-state index is 4.95. The minimum atomic E-state index is 0.750. The normalized spacial score (nSPS) is 28.7. The summed E-state index contributed by atoms with van der Waals surface area (Å²) in [5.74, 6) is 3.10. The molecule has 1 aliphatic heterocycles. The number of anilines is 1. The molecule has 3 fully saturated rings. The molecule has 3 heterocycles. The van der Waals surface area contributed by atoms with Crippen LogP contribution in [-0.4, -0.2) is 28.5 Å². The van der Waals surface area contributed by atoms with Crippen molar-refractivity contribution in [3.63, 3.8) is 0 Å². The highest BCUT2D eigenvalue weighted by Crippen LogP contribution is 2.40. The molecule has 1 saturated heterocycles. The summed E-state index contributed by atoms with van der Waals surface area (Å²) in [5, 5.41) is 5.82. The van der Waals surface area contributed by atoms with E-state index in [2.05, 4.69) is 26.2 Å². The molecule has 0 amide bonds. The summed E-state index contributed by atoms with van der Waals surface area (Å²) >= 11 is 1.75. The highest BCUT2D eigenvalue weighted by atomic mass is 32.1. The Bertz CT molecular complexity index is 644. The van der Waals surface area contributed by atoms with Gasteiger partial charge in [-0.15, -0.1) is 11.3 Å². The van der Waals surface area contributed by atoms with Crippen LogP contribution in [0.3, 0.4) is 0 Å². The van der Waals surface area contributed by atoms with Crippen molar-refractivity contribution in [2.24, 2.45) is 11.8 Å². The summed E-state index contributed by atoms with van der Waals surface area (Å²) < 4.78 is 2.30. The van der Waals surface area contributed by atoms with Crippen molar-refractivity contribution >= 4 is 22.1 Å². The van der Waals surface area contributed by atoms with Crippen LogP contribution < -0.4 is 10.2 Å². The van der Waals surface area contributed by atoms with Gasteiger partial charge < -0.3 is 10.2 Å². The van der Waals surface area contributed by atoms with Gasteiger partial charge in [-0.1, -0.05) is 6.42 Å². The molecule has 3 aliphatic rings. The van der Waals surface area contributed by atoms with Crippen molar-refractivity contribution in [3.8, 4) is 0 Å². The largest absolute Gasteiger partial charge is 0.354 e. The average Bonchev–Trinajstić information content (AvgIpc) is 2.84. The lowest BCUT2D eigenvalue weighted by Gasteiger charge is -2.19. The van der Waals surface area contributed by atoms with Gasteiger partial charge in [-0.3, -0.25) is 4.40 Å². The Hall–Kier alpha value is -1.07. The molecule has 0 bridgehead atoms. The lowest BCUT2D eigenvalue weighted by Crippen LogP contribution is -2.25. The van der Waals surface area contributed by atoms with Crippen molar-refractivity contribution in [1.82, 2.24) is 14.7 Å². The third-order valence-corrected chi connectivity index (χ3v) is 6.26. The number of nitrogens with one attached hydrogen (secondary N) is 1. The standard InChI is InChI=1S/C16H22N4S/c1-2-11-9-19(10-12(11)3-1)15-14(8-17-13-4-5-13)20-6-7-21-16(20)18-15/h6-7,11-13,17H,1-5,8-10H2. The summed E-state index contributed by atoms with van der Waals surface area (Å²) in [6, 6.07) is 0.750. The molecule has 2 atom stereocenters. The van der Waals surface area contributed by atoms with E-state index in [1.807, 2.05) is 0 Å². The molecule has 21 heavy (non-hydrogen) atoms. The molecule has 0 aromatic carbocycles. The van der Waals surface area contributed by atoms with Gasteiger partial charge in [-0.05, 0) is 37.5 Å². The molecule has 0 spiro atoms. The first-order valence-electron chi connectivity index (χ1n) is 8.31. The number of rotatable bonds is 4. The second-order valence-corrected chi connectivity index (χ2v) is 7.82. The molecule has 2 unspecified atom stereocenters. The van der Waals surface area contributed by atoms with Crippen LogP contribution in [0.2, 0.25) is 0 Å². The Morgan fingerprint density at radius 1 is 1.19 bits per heavy atom. The second-order valence-electron chi connectivity index (χ2n) is 6.95. The maximum Gasteiger partial charge on any atom is 0.195 e. The van der Waals surface area contributed by atoms with Gasteiger partial charge in [0, 0.05) is 37.3 Å². The highest BCUT2D eigenvalue weighted by molar-refractivity contribution is 7.15. The molecule has 1 N–H and O–H groups in total. The zero-order valence-corrected chi connectivity index (χ0v) is 13.1. The Morgan fingerprint density at radius 3 is 2.76 bits per heavy atom. The highest BCUT2D eigenvalue weighted by Gasteiger charge is 2.38. The van der Waals surface area contributed by atoms with Crippen molar-refractivity contribution < 1.29 is 0 Å². The number of fused-ring (bicyclic) bond motifs is 2. The quantitative estimate of drug-likeness (QED) is 0.942. The SMILES string of the molecule is c1cn2c(CNC3CC3)c(N3CC4CCCC4C3)nc2s1. The van der Waals surface area contributed by atoms with Gasteiger partial charge in [-0.25, -0.2) is 4.98 Å². The molecule has 4 nitrogen and oxygen atoms in total. The van der Waals surface area contributed by atoms with E-state index in [1.165, 1.54) is 56.7 Å². The first-order valence-corrected chi connectivity index (χ1v) is 9.19. The molecule has 5 heteroatoms. The van der Waals surface area contributed by atoms with Gasteiger partial charge in [0.25, 0.3) is 0 Å². The number of imidazole rings is 1. The Labute approximate surface area is 129 Å². The van der Waals surface area contributed by atoms with Crippen molar-refractivity contribution in [2.45, 2.75) is 44.7 Å². The summed E-state index contributed by atoms with van der Waals surface area (Å²) in [6.45, 7) is 3.42.